The van der Waals surface area contributed by atoms with Crippen molar-refractivity contribution in [2.24, 2.45) is 4.99 Å². The minimum Gasteiger partial charge on any atom is -0.368 e. The second kappa shape index (κ2) is 7.91. The molecule has 1 aromatic carbocycles. The molecule has 1 saturated heterocycles. The molecule has 1 atom stereocenters. The van der Waals surface area contributed by atoms with Gasteiger partial charge >= 0.3 is 0 Å². The van der Waals surface area contributed by atoms with Crippen LogP contribution in [-0.2, 0) is 6.54 Å². The van der Waals surface area contributed by atoms with E-state index in [2.05, 4.69) is 27.8 Å². The zero-order valence-electron chi connectivity index (χ0n) is 16.5. The molecule has 0 aliphatic carbocycles. The summed E-state index contributed by atoms with van der Waals surface area (Å²) >= 11 is 1.55. The standard InChI is InChI=1S/C23H23N5OS/c29-21(18-9-13-30-15-18)28-12-5-10-23(16-28)22(25-14-17-6-2-1-3-7-17)26-20-19(27-23)8-4-11-24-20/h1-4,6-9,11,13,15,27H,5,10,12,14,16H2,(H,24,25,26)/t23-/m0/s1. The molecule has 2 N–H and O–H groups in total. The lowest BCUT2D eigenvalue weighted by atomic mass is 9.85. The number of carbonyl (C=O) groups excluding carboxylic acids is 1. The molecule has 0 unspecified atom stereocenters. The van der Waals surface area contributed by atoms with E-state index in [1.807, 2.05) is 52.1 Å². The largest absolute Gasteiger partial charge is 0.368 e. The average Bonchev–Trinajstić information content (AvgIpc) is 3.33. The van der Waals surface area contributed by atoms with Gasteiger partial charge in [-0.1, -0.05) is 30.3 Å². The summed E-state index contributed by atoms with van der Waals surface area (Å²) < 4.78 is 0. The van der Waals surface area contributed by atoms with Crippen molar-refractivity contribution in [1.82, 2.24) is 9.88 Å². The number of aromatic nitrogens is 1. The van der Waals surface area contributed by atoms with E-state index in [0.29, 0.717) is 13.1 Å². The van der Waals surface area contributed by atoms with Gasteiger partial charge in [0.2, 0.25) is 0 Å². The molecule has 2 aromatic heterocycles. The van der Waals surface area contributed by atoms with Crippen molar-refractivity contribution in [2.75, 3.05) is 23.7 Å². The number of likely N-dealkylation sites (tertiary alicyclic amines) is 1. The maximum atomic E-state index is 13.1. The summed E-state index contributed by atoms with van der Waals surface area (Å²) in [7, 11) is 0. The summed E-state index contributed by atoms with van der Waals surface area (Å²) in [5, 5.41) is 11.0. The average molecular weight is 418 g/mol. The Morgan fingerprint density at radius 1 is 1.20 bits per heavy atom. The van der Waals surface area contributed by atoms with Gasteiger partial charge in [-0.25, -0.2) is 4.98 Å². The highest BCUT2D eigenvalue weighted by atomic mass is 32.1. The number of rotatable bonds is 3. The number of fused-ring (bicyclic) bond motifs is 1. The normalized spacial score (nSPS) is 21.7. The van der Waals surface area contributed by atoms with Crippen molar-refractivity contribution in [2.45, 2.75) is 24.9 Å². The van der Waals surface area contributed by atoms with Gasteiger partial charge in [0, 0.05) is 18.1 Å². The number of hydrogen-bond acceptors (Lipinski definition) is 5. The highest BCUT2D eigenvalue weighted by molar-refractivity contribution is 7.08. The van der Waals surface area contributed by atoms with Crippen LogP contribution in [0.3, 0.4) is 0 Å². The van der Waals surface area contributed by atoms with E-state index >= 15 is 0 Å². The lowest BCUT2D eigenvalue weighted by molar-refractivity contribution is 0.0695. The molecule has 30 heavy (non-hydrogen) atoms. The Morgan fingerprint density at radius 3 is 2.93 bits per heavy atom. The van der Waals surface area contributed by atoms with Crippen LogP contribution in [-0.4, -0.2) is 40.3 Å². The quantitative estimate of drug-likeness (QED) is 0.668. The number of benzene rings is 1. The van der Waals surface area contributed by atoms with Crippen LogP contribution < -0.4 is 10.6 Å². The number of hydrogen-bond donors (Lipinski definition) is 2. The Morgan fingerprint density at radius 2 is 2.10 bits per heavy atom. The van der Waals surface area contributed by atoms with Crippen LogP contribution in [0.5, 0.6) is 0 Å². The van der Waals surface area contributed by atoms with Gasteiger partial charge in [0.25, 0.3) is 5.91 Å². The van der Waals surface area contributed by atoms with Gasteiger partial charge in [0.1, 0.15) is 11.4 Å². The molecule has 1 fully saturated rings. The lowest BCUT2D eigenvalue weighted by Crippen LogP contribution is -2.62. The number of amides is 1. The van der Waals surface area contributed by atoms with Crippen LogP contribution in [0.15, 0.2) is 70.5 Å². The number of thiophene rings is 1. The molecular weight excluding hydrogens is 394 g/mol. The van der Waals surface area contributed by atoms with Crippen LogP contribution >= 0.6 is 11.3 Å². The van der Waals surface area contributed by atoms with E-state index in [1.165, 1.54) is 0 Å². The van der Waals surface area contributed by atoms with Crippen LogP contribution in [0.4, 0.5) is 11.5 Å². The summed E-state index contributed by atoms with van der Waals surface area (Å²) in [6.45, 7) is 1.90. The van der Waals surface area contributed by atoms with Gasteiger partial charge in [-0.05, 0) is 42.0 Å². The fourth-order valence-corrected chi connectivity index (χ4v) is 4.82. The van der Waals surface area contributed by atoms with E-state index in [0.717, 1.165) is 47.9 Å². The third kappa shape index (κ3) is 3.57. The number of aliphatic imine (C=N–C) groups is 1. The molecule has 5 rings (SSSR count). The van der Waals surface area contributed by atoms with E-state index in [9.17, 15) is 4.79 Å². The molecule has 1 spiro atoms. The first-order chi connectivity index (χ1) is 14.7. The summed E-state index contributed by atoms with van der Waals surface area (Å²) in [6.07, 6.45) is 3.58. The predicted octanol–water partition coefficient (Wildman–Crippen LogP) is 4.25. The topological polar surface area (TPSA) is 69.6 Å². The highest BCUT2D eigenvalue weighted by Gasteiger charge is 2.45. The Balaban J connectivity index is 1.48. The number of anilines is 2. The van der Waals surface area contributed by atoms with Gasteiger partial charge in [0.15, 0.2) is 5.82 Å². The molecule has 7 heteroatoms. The summed E-state index contributed by atoms with van der Waals surface area (Å²) in [5.41, 5.74) is 2.40. The minimum absolute atomic E-state index is 0.0801. The Labute approximate surface area is 179 Å². The van der Waals surface area contributed by atoms with Gasteiger partial charge in [-0.15, -0.1) is 0 Å². The Hall–Kier alpha value is -3.19. The molecular formula is C23H23N5OS. The van der Waals surface area contributed by atoms with Crippen LogP contribution in [0.1, 0.15) is 28.8 Å². The van der Waals surface area contributed by atoms with Gasteiger partial charge in [-0.3, -0.25) is 9.79 Å². The van der Waals surface area contributed by atoms with Gasteiger partial charge in [0.05, 0.1) is 24.3 Å². The highest BCUT2D eigenvalue weighted by Crippen LogP contribution is 2.35. The summed E-state index contributed by atoms with van der Waals surface area (Å²) in [5.74, 6) is 1.70. The van der Waals surface area contributed by atoms with Crippen LogP contribution in [0, 0.1) is 0 Å². The van der Waals surface area contributed by atoms with Crippen molar-refractivity contribution in [3.63, 3.8) is 0 Å². The SMILES string of the molecule is O=C(c1ccsc1)N1CCC[C@@]2(C1)Nc1cccnc1NC2=NCc1ccccc1. The van der Waals surface area contributed by atoms with Crippen LogP contribution in [0.25, 0.3) is 0 Å². The van der Waals surface area contributed by atoms with E-state index in [4.69, 9.17) is 4.99 Å². The third-order valence-electron chi connectivity index (χ3n) is 5.68. The molecule has 4 heterocycles. The first kappa shape index (κ1) is 18.8. The fraction of sp³-hybridized carbons (Fsp3) is 0.261. The lowest BCUT2D eigenvalue weighted by Gasteiger charge is -2.47. The molecule has 0 saturated carbocycles. The van der Waals surface area contributed by atoms with Crippen molar-refractivity contribution >= 4 is 34.6 Å². The third-order valence-corrected chi connectivity index (χ3v) is 6.37. The second-order valence-electron chi connectivity index (χ2n) is 7.72. The number of amidine groups is 1. The second-order valence-corrected chi connectivity index (χ2v) is 8.50. The van der Waals surface area contributed by atoms with Gasteiger partial charge < -0.3 is 15.5 Å². The van der Waals surface area contributed by atoms with E-state index in [-0.39, 0.29) is 5.91 Å². The molecule has 152 valence electrons. The van der Waals surface area contributed by atoms with Gasteiger partial charge in [-0.2, -0.15) is 11.3 Å². The number of carbonyl (C=O) groups is 1. The Kier molecular flexibility index (Phi) is 4.96. The molecule has 6 nitrogen and oxygen atoms in total. The number of nitrogens with one attached hydrogen (secondary N) is 2. The predicted molar refractivity (Wildman–Crippen MR) is 121 cm³/mol. The zero-order chi connectivity index (χ0) is 20.4. The molecule has 0 radical (unpaired) electrons. The molecule has 3 aromatic rings. The monoisotopic (exact) mass is 417 g/mol. The van der Waals surface area contributed by atoms with Crippen molar-refractivity contribution < 1.29 is 4.79 Å². The van der Waals surface area contributed by atoms with E-state index in [1.54, 1.807) is 17.5 Å². The zero-order valence-corrected chi connectivity index (χ0v) is 17.4. The van der Waals surface area contributed by atoms with Crippen molar-refractivity contribution in [3.05, 3.63) is 76.6 Å². The number of nitrogens with zero attached hydrogens (tertiary/aromatic N) is 3. The fourth-order valence-electron chi connectivity index (χ4n) is 4.19. The molecule has 2 aliphatic heterocycles. The minimum atomic E-state index is -0.450. The maximum Gasteiger partial charge on any atom is 0.254 e. The van der Waals surface area contributed by atoms with Crippen molar-refractivity contribution in [3.8, 4) is 0 Å². The van der Waals surface area contributed by atoms with Crippen molar-refractivity contribution in [1.29, 1.82) is 0 Å². The maximum absolute atomic E-state index is 13.1. The first-order valence-electron chi connectivity index (χ1n) is 10.1. The molecule has 2 aliphatic rings. The first-order valence-corrected chi connectivity index (χ1v) is 11.1. The van der Waals surface area contributed by atoms with E-state index < -0.39 is 5.54 Å². The Bertz CT molecular complexity index is 1070. The number of pyridine rings is 1. The number of piperidine rings is 1. The summed E-state index contributed by atoms with van der Waals surface area (Å²) in [6, 6.07) is 16.0. The molecule has 0 bridgehead atoms. The summed E-state index contributed by atoms with van der Waals surface area (Å²) in [4.78, 5) is 24.4. The van der Waals surface area contributed by atoms with Crippen LogP contribution in [0.2, 0.25) is 0 Å². The smallest absolute Gasteiger partial charge is 0.254 e. The molecule has 1 amide bonds.